The molecule has 0 aromatic rings. The Bertz CT molecular complexity index is 443. The molecular formula is C15H21NO3. The first-order chi connectivity index (χ1) is 9.12. The van der Waals surface area contributed by atoms with Crippen LogP contribution in [0.25, 0.3) is 0 Å². The fourth-order valence-corrected chi connectivity index (χ4v) is 4.59. The smallest absolute Gasteiger partial charge is 0.326 e. The average Bonchev–Trinajstić information content (AvgIpc) is 3.29. The van der Waals surface area contributed by atoms with Gasteiger partial charge in [-0.05, 0) is 49.9 Å². The Morgan fingerprint density at radius 2 is 1.89 bits per heavy atom. The Morgan fingerprint density at radius 3 is 2.53 bits per heavy atom. The molecule has 1 spiro atoms. The minimum atomic E-state index is -0.798. The number of carboxylic acids is 1. The van der Waals surface area contributed by atoms with Crippen LogP contribution < -0.4 is 0 Å². The summed E-state index contributed by atoms with van der Waals surface area (Å²) in [6, 6.07) is -0.323. The van der Waals surface area contributed by atoms with Crippen LogP contribution in [-0.2, 0) is 9.59 Å². The first kappa shape index (κ1) is 11.7. The van der Waals surface area contributed by atoms with Gasteiger partial charge in [0, 0.05) is 12.0 Å². The summed E-state index contributed by atoms with van der Waals surface area (Å²) >= 11 is 0. The Hall–Kier alpha value is -1.06. The predicted molar refractivity (Wildman–Crippen MR) is 68.4 cm³/mol. The highest BCUT2D eigenvalue weighted by Crippen LogP contribution is 2.71. The number of carbonyl (C=O) groups is 2. The van der Waals surface area contributed by atoms with Crippen molar-refractivity contribution in [2.24, 2.45) is 17.3 Å². The van der Waals surface area contributed by atoms with Crippen molar-refractivity contribution in [2.75, 3.05) is 0 Å². The summed E-state index contributed by atoms with van der Waals surface area (Å²) < 4.78 is 0. The molecule has 4 rings (SSSR count). The molecule has 0 bridgehead atoms. The molecule has 4 unspecified atom stereocenters. The summed E-state index contributed by atoms with van der Waals surface area (Å²) in [5.74, 6) is -0.0322. The number of aliphatic carboxylic acids is 1. The van der Waals surface area contributed by atoms with Crippen LogP contribution in [0.4, 0.5) is 0 Å². The summed E-state index contributed by atoms with van der Waals surface area (Å²) in [6.45, 7) is 0. The van der Waals surface area contributed by atoms with Crippen molar-refractivity contribution in [3.05, 3.63) is 0 Å². The quantitative estimate of drug-likeness (QED) is 0.829. The standard InChI is InChI=1S/C15H21NO3/c17-13(10-8-15(10)5-6-15)16-11-4-2-1-3-9(11)7-12(16)14(18)19/h9-12H,1-8H2,(H,18,19). The van der Waals surface area contributed by atoms with Crippen LogP contribution in [0.1, 0.15) is 51.4 Å². The lowest BCUT2D eigenvalue weighted by Crippen LogP contribution is -2.47. The molecule has 4 heteroatoms. The second kappa shape index (κ2) is 3.74. The van der Waals surface area contributed by atoms with E-state index in [4.69, 9.17) is 0 Å². The van der Waals surface area contributed by atoms with E-state index in [1.165, 1.54) is 19.3 Å². The van der Waals surface area contributed by atoms with E-state index in [1.54, 1.807) is 4.90 Å². The molecule has 1 amide bonds. The molecular weight excluding hydrogens is 242 g/mol. The predicted octanol–water partition coefficient (Wildman–Crippen LogP) is 2.03. The summed E-state index contributed by atoms with van der Waals surface area (Å²) in [7, 11) is 0. The largest absolute Gasteiger partial charge is 0.480 e. The third-order valence-electron chi connectivity index (χ3n) is 6.01. The molecule has 1 saturated heterocycles. The van der Waals surface area contributed by atoms with Crippen LogP contribution in [0.3, 0.4) is 0 Å². The monoisotopic (exact) mass is 263 g/mol. The van der Waals surface area contributed by atoms with E-state index in [0.29, 0.717) is 17.8 Å². The zero-order valence-corrected chi connectivity index (χ0v) is 11.2. The SMILES string of the molecule is O=C(O)C1CC2CCCCC2N1C(=O)C1CC12CC2. The van der Waals surface area contributed by atoms with Gasteiger partial charge in [-0.2, -0.15) is 0 Å². The van der Waals surface area contributed by atoms with Gasteiger partial charge in [0.2, 0.25) is 5.91 Å². The number of fused-ring (bicyclic) bond motifs is 1. The Morgan fingerprint density at radius 1 is 1.16 bits per heavy atom. The van der Waals surface area contributed by atoms with Crippen LogP contribution in [0.15, 0.2) is 0 Å². The van der Waals surface area contributed by atoms with E-state index >= 15 is 0 Å². The van der Waals surface area contributed by atoms with Gasteiger partial charge in [-0.1, -0.05) is 12.8 Å². The third-order valence-corrected chi connectivity index (χ3v) is 6.01. The molecule has 4 aliphatic rings. The van der Waals surface area contributed by atoms with Gasteiger partial charge in [0.05, 0.1) is 0 Å². The van der Waals surface area contributed by atoms with E-state index < -0.39 is 12.0 Å². The van der Waals surface area contributed by atoms with Gasteiger partial charge in [0.1, 0.15) is 6.04 Å². The van der Waals surface area contributed by atoms with Crippen molar-refractivity contribution in [2.45, 2.75) is 63.5 Å². The maximum absolute atomic E-state index is 12.7. The normalized spacial score (nSPS) is 42.0. The van der Waals surface area contributed by atoms with Gasteiger partial charge >= 0.3 is 5.97 Å². The molecule has 3 aliphatic carbocycles. The summed E-state index contributed by atoms with van der Waals surface area (Å²) in [6.07, 6.45) is 8.54. The van der Waals surface area contributed by atoms with Crippen LogP contribution in [0.2, 0.25) is 0 Å². The first-order valence-corrected chi connectivity index (χ1v) is 7.67. The fraction of sp³-hybridized carbons (Fsp3) is 0.867. The maximum atomic E-state index is 12.7. The lowest BCUT2D eigenvalue weighted by atomic mass is 9.84. The van der Waals surface area contributed by atoms with Gasteiger partial charge < -0.3 is 10.0 Å². The number of amides is 1. The first-order valence-electron chi connectivity index (χ1n) is 7.67. The molecule has 1 heterocycles. The molecule has 19 heavy (non-hydrogen) atoms. The highest BCUT2D eigenvalue weighted by atomic mass is 16.4. The highest BCUT2D eigenvalue weighted by molar-refractivity contribution is 5.89. The van der Waals surface area contributed by atoms with E-state index in [0.717, 1.165) is 25.7 Å². The number of likely N-dealkylation sites (tertiary alicyclic amines) is 1. The molecule has 1 N–H and O–H groups in total. The Kier molecular flexibility index (Phi) is 2.31. The Labute approximate surface area is 113 Å². The van der Waals surface area contributed by atoms with Crippen LogP contribution in [0, 0.1) is 17.3 Å². The number of hydrogen-bond donors (Lipinski definition) is 1. The summed E-state index contributed by atoms with van der Waals surface area (Å²) in [5.41, 5.74) is 0.326. The van der Waals surface area contributed by atoms with Crippen LogP contribution in [-0.4, -0.2) is 34.0 Å². The molecule has 0 aromatic heterocycles. The molecule has 0 radical (unpaired) electrons. The number of carbonyl (C=O) groups excluding carboxylic acids is 1. The zero-order valence-electron chi connectivity index (χ0n) is 11.2. The fourth-order valence-electron chi connectivity index (χ4n) is 4.59. The second-order valence-corrected chi connectivity index (χ2v) is 7.07. The summed E-state index contributed by atoms with van der Waals surface area (Å²) in [5, 5.41) is 9.43. The summed E-state index contributed by atoms with van der Waals surface area (Å²) in [4.78, 5) is 26.0. The highest BCUT2D eigenvalue weighted by Gasteiger charge is 2.67. The number of carboxylic acid groups (broad SMARTS) is 1. The van der Waals surface area contributed by atoms with E-state index in [9.17, 15) is 14.7 Å². The van der Waals surface area contributed by atoms with E-state index in [2.05, 4.69) is 0 Å². The molecule has 1 aliphatic heterocycles. The van der Waals surface area contributed by atoms with Gasteiger partial charge in [0.15, 0.2) is 0 Å². The number of nitrogens with zero attached hydrogens (tertiary/aromatic N) is 1. The molecule has 4 nitrogen and oxygen atoms in total. The lowest BCUT2D eigenvalue weighted by Gasteiger charge is -2.33. The van der Waals surface area contributed by atoms with Crippen molar-refractivity contribution >= 4 is 11.9 Å². The zero-order chi connectivity index (χ0) is 13.2. The van der Waals surface area contributed by atoms with Gasteiger partial charge in [-0.25, -0.2) is 4.79 Å². The number of rotatable bonds is 2. The molecule has 4 fully saturated rings. The van der Waals surface area contributed by atoms with Gasteiger partial charge in [0.25, 0.3) is 0 Å². The van der Waals surface area contributed by atoms with Crippen molar-refractivity contribution < 1.29 is 14.7 Å². The topological polar surface area (TPSA) is 57.6 Å². The minimum Gasteiger partial charge on any atom is -0.480 e. The van der Waals surface area contributed by atoms with Crippen molar-refractivity contribution in [3.8, 4) is 0 Å². The van der Waals surface area contributed by atoms with E-state index in [1.807, 2.05) is 0 Å². The van der Waals surface area contributed by atoms with E-state index in [-0.39, 0.29) is 17.9 Å². The van der Waals surface area contributed by atoms with Crippen LogP contribution in [0.5, 0.6) is 0 Å². The molecule has 0 aromatic carbocycles. The van der Waals surface area contributed by atoms with Crippen molar-refractivity contribution in [1.82, 2.24) is 4.90 Å². The number of hydrogen-bond acceptors (Lipinski definition) is 2. The van der Waals surface area contributed by atoms with Crippen LogP contribution >= 0.6 is 0 Å². The van der Waals surface area contributed by atoms with Gasteiger partial charge in [-0.15, -0.1) is 0 Å². The lowest BCUT2D eigenvalue weighted by molar-refractivity contribution is -0.150. The van der Waals surface area contributed by atoms with Crippen molar-refractivity contribution in [3.63, 3.8) is 0 Å². The minimum absolute atomic E-state index is 0.162. The second-order valence-electron chi connectivity index (χ2n) is 7.07. The van der Waals surface area contributed by atoms with Crippen molar-refractivity contribution in [1.29, 1.82) is 0 Å². The Balaban J connectivity index is 1.58. The molecule has 3 saturated carbocycles. The molecule has 104 valence electrons. The molecule has 4 atom stereocenters. The average molecular weight is 263 g/mol. The maximum Gasteiger partial charge on any atom is 0.326 e. The third kappa shape index (κ3) is 1.65. The van der Waals surface area contributed by atoms with Gasteiger partial charge in [-0.3, -0.25) is 4.79 Å².